The predicted octanol–water partition coefficient (Wildman–Crippen LogP) is 1.89. The van der Waals surface area contributed by atoms with Crippen molar-refractivity contribution in [2.24, 2.45) is 0 Å². The maximum Gasteiger partial charge on any atom is 0.328 e. The zero-order valence-electron chi connectivity index (χ0n) is 9.61. The fraction of sp³-hybridized carbons (Fsp3) is 0. The lowest BCUT2D eigenvalue weighted by molar-refractivity contribution is -0.131. The van der Waals surface area contributed by atoms with E-state index in [-0.39, 0.29) is 5.91 Å². The summed E-state index contributed by atoms with van der Waals surface area (Å²) in [6.45, 7) is 0. The van der Waals surface area contributed by atoms with Crippen LogP contribution in [0.4, 0.5) is 5.69 Å². The number of carboxylic acids is 1. The summed E-state index contributed by atoms with van der Waals surface area (Å²) >= 11 is 1.20. The van der Waals surface area contributed by atoms with E-state index in [1.54, 1.807) is 12.1 Å². The summed E-state index contributed by atoms with van der Waals surface area (Å²) < 4.78 is 0. The second-order valence-electron chi connectivity index (χ2n) is 3.45. The summed E-state index contributed by atoms with van der Waals surface area (Å²) in [5.41, 5.74) is 0.503. The van der Waals surface area contributed by atoms with Crippen molar-refractivity contribution < 1.29 is 14.7 Å². The van der Waals surface area contributed by atoms with Crippen LogP contribution in [0.1, 0.15) is 14.5 Å². The van der Waals surface area contributed by atoms with Crippen LogP contribution in [0.5, 0.6) is 0 Å². The number of carbonyl (C=O) groups is 2. The van der Waals surface area contributed by atoms with Gasteiger partial charge in [-0.05, 0) is 18.2 Å². The summed E-state index contributed by atoms with van der Waals surface area (Å²) in [5, 5.41) is 11.2. The number of rotatable bonds is 4. The minimum Gasteiger partial charge on any atom is -0.478 e. The molecule has 0 atom stereocenters. The number of amides is 1. The number of aromatic nitrogens is 2. The second-order valence-corrected chi connectivity index (χ2v) is 4.57. The van der Waals surface area contributed by atoms with E-state index in [1.807, 2.05) is 0 Å². The van der Waals surface area contributed by atoms with Crippen molar-refractivity contribution >= 4 is 35.0 Å². The molecule has 96 valence electrons. The Bertz CT molecular complexity index is 622. The highest BCUT2D eigenvalue weighted by molar-refractivity contribution is 7.15. The third-order valence-electron chi connectivity index (χ3n) is 2.06. The van der Waals surface area contributed by atoms with Gasteiger partial charge in [0.25, 0.3) is 5.91 Å². The van der Waals surface area contributed by atoms with Gasteiger partial charge in [-0.3, -0.25) is 4.79 Å². The van der Waals surface area contributed by atoms with Crippen LogP contribution in [0.3, 0.4) is 0 Å². The summed E-state index contributed by atoms with van der Waals surface area (Å²) in [4.78, 5) is 31.0. The highest BCUT2D eigenvalue weighted by atomic mass is 32.1. The Labute approximate surface area is 112 Å². The van der Waals surface area contributed by atoms with E-state index in [0.717, 1.165) is 6.08 Å². The number of anilines is 1. The lowest BCUT2D eigenvalue weighted by Crippen LogP contribution is -2.10. The molecule has 6 nitrogen and oxygen atoms in total. The molecule has 2 heterocycles. The van der Waals surface area contributed by atoms with E-state index in [4.69, 9.17) is 5.11 Å². The molecule has 19 heavy (non-hydrogen) atoms. The molecule has 7 heteroatoms. The van der Waals surface area contributed by atoms with Gasteiger partial charge in [-0.15, -0.1) is 11.3 Å². The van der Waals surface area contributed by atoms with E-state index in [0.29, 0.717) is 15.4 Å². The fourth-order valence-corrected chi connectivity index (χ4v) is 2.08. The van der Waals surface area contributed by atoms with Crippen molar-refractivity contribution in [1.82, 2.24) is 9.97 Å². The van der Waals surface area contributed by atoms with E-state index in [2.05, 4.69) is 15.3 Å². The number of hydrogen-bond donors (Lipinski definition) is 2. The average Bonchev–Trinajstić information content (AvgIpc) is 2.86. The Balaban J connectivity index is 2.06. The van der Waals surface area contributed by atoms with Crippen molar-refractivity contribution in [3.8, 4) is 0 Å². The van der Waals surface area contributed by atoms with Gasteiger partial charge >= 0.3 is 5.97 Å². The number of thiophene rings is 1. The van der Waals surface area contributed by atoms with Crippen molar-refractivity contribution in [3.05, 3.63) is 46.7 Å². The fourth-order valence-electron chi connectivity index (χ4n) is 1.27. The summed E-state index contributed by atoms with van der Waals surface area (Å²) in [6.07, 6.45) is 6.82. The zero-order chi connectivity index (χ0) is 13.7. The predicted molar refractivity (Wildman–Crippen MR) is 71.0 cm³/mol. The first-order chi connectivity index (χ1) is 9.15. The largest absolute Gasteiger partial charge is 0.478 e. The van der Waals surface area contributed by atoms with Gasteiger partial charge in [0.2, 0.25) is 0 Å². The molecule has 0 aliphatic rings. The van der Waals surface area contributed by atoms with E-state index in [9.17, 15) is 9.59 Å². The highest BCUT2D eigenvalue weighted by Crippen LogP contribution is 2.19. The van der Waals surface area contributed by atoms with Gasteiger partial charge in [-0.1, -0.05) is 0 Å². The first kappa shape index (κ1) is 12.9. The molecule has 2 rings (SSSR count). The topological polar surface area (TPSA) is 92.2 Å². The monoisotopic (exact) mass is 275 g/mol. The molecule has 0 radical (unpaired) electrons. The van der Waals surface area contributed by atoms with Crippen molar-refractivity contribution in [2.45, 2.75) is 0 Å². The molecule has 0 unspecified atom stereocenters. The van der Waals surface area contributed by atoms with Crippen molar-refractivity contribution in [1.29, 1.82) is 0 Å². The molecule has 0 aliphatic carbocycles. The maximum atomic E-state index is 11.9. The number of carbonyl (C=O) groups excluding carboxylic acids is 1. The van der Waals surface area contributed by atoms with E-state index >= 15 is 0 Å². The number of aliphatic carboxylic acids is 1. The van der Waals surface area contributed by atoms with Gasteiger partial charge in [-0.25, -0.2) is 14.8 Å². The number of carboxylic acid groups (broad SMARTS) is 1. The minimum absolute atomic E-state index is 0.283. The lowest BCUT2D eigenvalue weighted by Gasteiger charge is -2.00. The number of hydrogen-bond acceptors (Lipinski definition) is 5. The molecule has 0 spiro atoms. The first-order valence-electron chi connectivity index (χ1n) is 5.22. The molecule has 0 saturated carbocycles. The average molecular weight is 275 g/mol. The van der Waals surface area contributed by atoms with Gasteiger partial charge in [0, 0.05) is 11.0 Å². The van der Waals surface area contributed by atoms with Crippen LogP contribution < -0.4 is 5.32 Å². The molecule has 0 saturated heterocycles. The first-order valence-corrected chi connectivity index (χ1v) is 6.04. The molecule has 0 aromatic carbocycles. The third-order valence-corrected chi connectivity index (χ3v) is 3.11. The highest BCUT2D eigenvalue weighted by Gasteiger charge is 2.08. The molecule has 1 amide bonds. The molecular weight excluding hydrogens is 266 g/mol. The van der Waals surface area contributed by atoms with Crippen LogP contribution in [0.2, 0.25) is 0 Å². The Morgan fingerprint density at radius 2 is 2.00 bits per heavy atom. The Hall–Kier alpha value is -2.54. The maximum absolute atomic E-state index is 11.9. The smallest absolute Gasteiger partial charge is 0.328 e. The van der Waals surface area contributed by atoms with Crippen LogP contribution in [-0.4, -0.2) is 27.0 Å². The van der Waals surface area contributed by atoms with Gasteiger partial charge < -0.3 is 10.4 Å². The van der Waals surface area contributed by atoms with Crippen LogP contribution >= 0.6 is 11.3 Å². The number of nitrogens with zero attached hydrogens (tertiary/aromatic N) is 2. The zero-order valence-corrected chi connectivity index (χ0v) is 10.4. The summed E-state index contributed by atoms with van der Waals surface area (Å²) in [6, 6.07) is 3.31. The standard InChI is InChI=1S/C12H9N3O3S/c16-11(17)4-2-9-1-3-10(19-9)12(18)15-8-5-13-7-14-6-8/h1-7H,(H,15,18)(H,16,17)/b4-2+. The Morgan fingerprint density at radius 3 is 2.68 bits per heavy atom. The molecule has 2 aromatic heterocycles. The van der Waals surface area contributed by atoms with Crippen molar-refractivity contribution in [3.63, 3.8) is 0 Å². The van der Waals surface area contributed by atoms with Gasteiger partial charge in [0.1, 0.15) is 6.33 Å². The van der Waals surface area contributed by atoms with Gasteiger partial charge in [0.05, 0.1) is 23.0 Å². The van der Waals surface area contributed by atoms with Crippen LogP contribution in [0.25, 0.3) is 6.08 Å². The Kier molecular flexibility index (Phi) is 3.99. The van der Waals surface area contributed by atoms with Gasteiger partial charge in [-0.2, -0.15) is 0 Å². The lowest BCUT2D eigenvalue weighted by atomic mass is 10.3. The summed E-state index contributed by atoms with van der Waals surface area (Å²) in [7, 11) is 0. The SMILES string of the molecule is O=C(O)/C=C/c1ccc(C(=O)Nc2cncnc2)s1. The van der Waals surface area contributed by atoms with E-state index in [1.165, 1.54) is 36.1 Å². The van der Waals surface area contributed by atoms with Crippen LogP contribution in [-0.2, 0) is 4.79 Å². The third kappa shape index (κ3) is 3.71. The quantitative estimate of drug-likeness (QED) is 0.831. The molecule has 0 bridgehead atoms. The van der Waals surface area contributed by atoms with Gasteiger partial charge in [0.15, 0.2) is 0 Å². The minimum atomic E-state index is -1.03. The van der Waals surface area contributed by atoms with Crippen molar-refractivity contribution in [2.75, 3.05) is 5.32 Å². The molecule has 2 N–H and O–H groups in total. The van der Waals surface area contributed by atoms with Crippen LogP contribution in [0, 0.1) is 0 Å². The molecule has 0 aliphatic heterocycles. The molecule has 0 fully saturated rings. The van der Waals surface area contributed by atoms with Crippen LogP contribution in [0.15, 0.2) is 36.9 Å². The summed E-state index contributed by atoms with van der Waals surface area (Å²) in [5.74, 6) is -1.31. The Morgan fingerprint density at radius 1 is 1.26 bits per heavy atom. The normalized spacial score (nSPS) is 10.5. The van der Waals surface area contributed by atoms with E-state index < -0.39 is 5.97 Å². The second kappa shape index (κ2) is 5.87. The molecular formula is C12H9N3O3S. The number of nitrogens with one attached hydrogen (secondary N) is 1. The molecule has 2 aromatic rings.